The third-order valence-corrected chi connectivity index (χ3v) is 9.32. The van der Waals surface area contributed by atoms with Gasteiger partial charge >= 0.3 is 6.09 Å². The van der Waals surface area contributed by atoms with Crippen LogP contribution in [-0.4, -0.2) is 99.5 Å². The quantitative estimate of drug-likeness (QED) is 0.391. The first kappa shape index (κ1) is 30.8. The van der Waals surface area contributed by atoms with Gasteiger partial charge in [-0.2, -0.15) is 4.31 Å². The van der Waals surface area contributed by atoms with E-state index in [1.165, 1.54) is 32.7 Å². The molecular weight excluding hydrogens is 562 g/mol. The highest BCUT2D eigenvalue weighted by Crippen LogP contribution is 2.31. The van der Waals surface area contributed by atoms with E-state index in [4.69, 9.17) is 9.72 Å². The van der Waals surface area contributed by atoms with Crippen LogP contribution in [0.1, 0.15) is 22.8 Å². The third kappa shape index (κ3) is 6.87. The number of para-hydroxylation sites is 1. The molecule has 1 saturated heterocycles. The zero-order valence-corrected chi connectivity index (χ0v) is 24.9. The molecule has 4 rings (SSSR count). The number of thiazole rings is 1. The van der Waals surface area contributed by atoms with Gasteiger partial charge in [0.1, 0.15) is 0 Å². The predicted octanol–water partition coefficient (Wildman–Crippen LogP) is 3.70. The van der Waals surface area contributed by atoms with Crippen molar-refractivity contribution >= 4 is 61.1 Å². The molecule has 10 nitrogen and oxygen atoms in total. The molecule has 2 aromatic carbocycles. The number of fused-ring (bicyclic) bond motifs is 1. The van der Waals surface area contributed by atoms with Gasteiger partial charge in [-0.15, -0.1) is 12.4 Å². The van der Waals surface area contributed by atoms with Crippen LogP contribution in [0.15, 0.2) is 47.4 Å². The van der Waals surface area contributed by atoms with Crippen LogP contribution < -0.4 is 4.90 Å². The highest BCUT2D eigenvalue weighted by molar-refractivity contribution is 7.89. The maximum atomic E-state index is 13.6. The highest BCUT2D eigenvalue weighted by atomic mass is 35.5. The molecule has 0 radical (unpaired) electrons. The monoisotopic (exact) mass is 595 g/mol. The van der Waals surface area contributed by atoms with Crippen molar-refractivity contribution in [2.24, 2.45) is 0 Å². The Bertz CT molecular complexity index is 1400. The molecule has 13 heteroatoms. The number of halogens is 1. The van der Waals surface area contributed by atoms with Crippen molar-refractivity contribution in [1.82, 2.24) is 19.1 Å². The molecule has 2 amide bonds. The van der Waals surface area contributed by atoms with Crippen LogP contribution in [0.2, 0.25) is 0 Å². The predicted molar refractivity (Wildman–Crippen MR) is 156 cm³/mol. The second-order valence-corrected chi connectivity index (χ2v) is 12.2. The van der Waals surface area contributed by atoms with E-state index in [1.807, 2.05) is 44.1 Å². The number of aryl methyl sites for hydroxylation is 1. The van der Waals surface area contributed by atoms with E-state index in [9.17, 15) is 18.0 Å². The van der Waals surface area contributed by atoms with Gasteiger partial charge in [0.2, 0.25) is 10.0 Å². The molecular formula is C26H34ClN5O5S2. The molecule has 0 unspecified atom stereocenters. The van der Waals surface area contributed by atoms with Crippen molar-refractivity contribution in [3.63, 3.8) is 0 Å². The number of likely N-dealkylation sites (N-methyl/N-ethyl adjacent to an activating group) is 1. The molecule has 0 aliphatic carbocycles. The first-order chi connectivity index (χ1) is 18.1. The summed E-state index contributed by atoms with van der Waals surface area (Å²) >= 11 is 1.46. The standard InChI is InChI=1S/C26H33N5O5S2.ClH/c1-5-36-26(33)29-14-16-30(17-15-29)38(34,35)21-11-9-20(10-12-21)24(32)31(18-13-28(3)4)25-27-23-19(2)7-6-8-22(23)37-25;/h6-12H,5,13-18H2,1-4H3;1H. The summed E-state index contributed by atoms with van der Waals surface area (Å²) in [5.74, 6) is -0.240. The molecule has 0 bridgehead atoms. The van der Waals surface area contributed by atoms with Gasteiger partial charge in [0, 0.05) is 44.8 Å². The molecule has 212 valence electrons. The van der Waals surface area contributed by atoms with Crippen LogP contribution >= 0.6 is 23.7 Å². The highest BCUT2D eigenvalue weighted by Gasteiger charge is 2.31. The van der Waals surface area contributed by atoms with Crippen LogP contribution in [0.5, 0.6) is 0 Å². The van der Waals surface area contributed by atoms with Gasteiger partial charge in [-0.1, -0.05) is 23.5 Å². The van der Waals surface area contributed by atoms with Crippen LogP contribution in [-0.2, 0) is 14.8 Å². The van der Waals surface area contributed by atoms with Gasteiger partial charge in [-0.05, 0) is 63.8 Å². The number of carbonyl (C=O) groups excluding carboxylic acids is 2. The summed E-state index contributed by atoms with van der Waals surface area (Å²) in [4.78, 5) is 35.5. The number of amides is 2. The van der Waals surface area contributed by atoms with Crippen molar-refractivity contribution in [1.29, 1.82) is 0 Å². The summed E-state index contributed by atoms with van der Waals surface area (Å²) in [6, 6.07) is 12.0. The largest absolute Gasteiger partial charge is 0.450 e. The fraction of sp³-hybridized carbons (Fsp3) is 0.423. The van der Waals surface area contributed by atoms with Crippen molar-refractivity contribution in [2.75, 3.05) is 64.9 Å². The molecule has 1 aromatic heterocycles. The van der Waals surface area contributed by atoms with Crippen molar-refractivity contribution < 1.29 is 22.7 Å². The zero-order valence-electron chi connectivity index (χ0n) is 22.5. The SMILES string of the molecule is CCOC(=O)N1CCN(S(=O)(=O)c2ccc(C(=O)N(CCN(C)C)c3nc4c(C)cccc4s3)cc2)CC1.Cl. The molecule has 0 spiro atoms. The van der Waals surface area contributed by atoms with Crippen LogP contribution in [0.25, 0.3) is 10.2 Å². The van der Waals surface area contributed by atoms with E-state index in [0.717, 1.165) is 15.8 Å². The second-order valence-electron chi connectivity index (χ2n) is 9.29. The Kier molecular flexibility index (Phi) is 10.3. The van der Waals surface area contributed by atoms with E-state index >= 15 is 0 Å². The van der Waals surface area contributed by atoms with E-state index < -0.39 is 16.1 Å². The Balaban J connectivity index is 0.00000420. The van der Waals surface area contributed by atoms with E-state index in [1.54, 1.807) is 24.0 Å². The number of benzene rings is 2. The number of carbonyl (C=O) groups is 2. The number of piperazine rings is 1. The van der Waals surface area contributed by atoms with Gasteiger partial charge in [0.05, 0.1) is 21.7 Å². The Hall–Kier alpha value is -2.77. The molecule has 1 aliphatic heterocycles. The minimum atomic E-state index is -3.77. The minimum Gasteiger partial charge on any atom is -0.450 e. The van der Waals surface area contributed by atoms with Gasteiger partial charge in [0.15, 0.2) is 5.13 Å². The van der Waals surface area contributed by atoms with Crippen molar-refractivity contribution in [3.05, 3.63) is 53.6 Å². The third-order valence-electron chi connectivity index (χ3n) is 6.36. The number of rotatable bonds is 8. The summed E-state index contributed by atoms with van der Waals surface area (Å²) in [5.41, 5.74) is 2.30. The first-order valence-corrected chi connectivity index (χ1v) is 14.7. The van der Waals surface area contributed by atoms with Gasteiger partial charge in [0.25, 0.3) is 5.91 Å². The smallest absolute Gasteiger partial charge is 0.409 e. The van der Waals surface area contributed by atoms with E-state index in [0.29, 0.717) is 23.8 Å². The average Bonchev–Trinajstić information content (AvgIpc) is 3.34. The maximum absolute atomic E-state index is 13.6. The summed E-state index contributed by atoms with van der Waals surface area (Å²) in [5, 5.41) is 0.609. The van der Waals surface area contributed by atoms with Crippen molar-refractivity contribution in [2.45, 2.75) is 18.7 Å². The average molecular weight is 596 g/mol. The lowest BCUT2D eigenvalue weighted by atomic mass is 10.2. The summed E-state index contributed by atoms with van der Waals surface area (Å²) in [6.07, 6.45) is -0.436. The lowest BCUT2D eigenvalue weighted by Gasteiger charge is -2.33. The molecule has 3 aromatic rings. The van der Waals surface area contributed by atoms with Gasteiger partial charge in [-0.3, -0.25) is 9.69 Å². The second kappa shape index (κ2) is 13.1. The lowest BCUT2D eigenvalue weighted by Crippen LogP contribution is -2.50. The number of aromatic nitrogens is 1. The number of anilines is 1. The fourth-order valence-electron chi connectivity index (χ4n) is 4.17. The Labute approximate surface area is 239 Å². The number of ether oxygens (including phenoxy) is 1. The Morgan fingerprint density at radius 1 is 1.03 bits per heavy atom. The molecule has 0 N–H and O–H groups in total. The number of sulfonamides is 1. The molecule has 39 heavy (non-hydrogen) atoms. The van der Waals surface area contributed by atoms with E-state index in [2.05, 4.69) is 0 Å². The van der Waals surface area contributed by atoms with Crippen LogP contribution in [0.4, 0.5) is 9.93 Å². The van der Waals surface area contributed by atoms with Gasteiger partial charge < -0.3 is 14.5 Å². The molecule has 0 saturated carbocycles. The zero-order chi connectivity index (χ0) is 27.4. The van der Waals surface area contributed by atoms with E-state index in [-0.39, 0.29) is 56.0 Å². The normalized spacial score (nSPS) is 14.3. The first-order valence-electron chi connectivity index (χ1n) is 12.5. The Morgan fingerprint density at radius 3 is 2.28 bits per heavy atom. The fourth-order valence-corrected chi connectivity index (χ4v) is 6.66. The summed E-state index contributed by atoms with van der Waals surface area (Å²) in [6.45, 7) is 5.96. The minimum absolute atomic E-state index is 0. The lowest BCUT2D eigenvalue weighted by molar-refractivity contribution is 0.0933. The van der Waals surface area contributed by atoms with Crippen LogP contribution in [0.3, 0.4) is 0 Å². The van der Waals surface area contributed by atoms with Crippen molar-refractivity contribution in [3.8, 4) is 0 Å². The molecule has 1 aliphatic rings. The van der Waals surface area contributed by atoms with Crippen LogP contribution in [0, 0.1) is 6.92 Å². The Morgan fingerprint density at radius 2 is 1.69 bits per heavy atom. The molecule has 0 atom stereocenters. The molecule has 2 heterocycles. The maximum Gasteiger partial charge on any atom is 0.409 e. The summed E-state index contributed by atoms with van der Waals surface area (Å²) < 4.78 is 33.8. The number of hydrogen-bond donors (Lipinski definition) is 0. The summed E-state index contributed by atoms with van der Waals surface area (Å²) in [7, 11) is 0.114. The van der Waals surface area contributed by atoms with Gasteiger partial charge in [-0.25, -0.2) is 18.2 Å². The topological polar surface area (TPSA) is 103 Å². The number of nitrogens with zero attached hydrogens (tertiary/aromatic N) is 5. The number of hydrogen-bond acceptors (Lipinski definition) is 8. The molecule has 1 fully saturated rings.